The number of rotatable bonds is 8. The third-order valence-corrected chi connectivity index (χ3v) is 3.05. The van der Waals surface area contributed by atoms with E-state index < -0.39 is 0 Å². The van der Waals surface area contributed by atoms with Gasteiger partial charge in [-0.25, -0.2) is 4.39 Å². The largest absolute Gasteiger partial charge is 0.394 e. The van der Waals surface area contributed by atoms with Gasteiger partial charge in [-0.15, -0.1) is 11.8 Å². The number of thioether (sulfide) groups is 1. The molecule has 0 radical (unpaired) electrons. The van der Waals surface area contributed by atoms with Gasteiger partial charge in [-0.3, -0.25) is 4.79 Å². The zero-order valence-corrected chi connectivity index (χ0v) is 10.7. The van der Waals surface area contributed by atoms with Crippen molar-refractivity contribution in [2.45, 2.75) is 4.90 Å². The summed E-state index contributed by atoms with van der Waals surface area (Å²) in [5, 5.41) is 11.1. The van der Waals surface area contributed by atoms with E-state index in [-0.39, 0.29) is 30.7 Å². The summed E-state index contributed by atoms with van der Waals surface area (Å²) in [7, 11) is 0. The average Bonchev–Trinajstić information content (AvgIpc) is 2.37. The lowest BCUT2D eigenvalue weighted by molar-refractivity contribution is -0.118. The first-order chi connectivity index (χ1) is 8.74. The van der Waals surface area contributed by atoms with E-state index in [2.05, 4.69) is 5.32 Å². The minimum Gasteiger partial charge on any atom is -0.394 e. The number of hydrogen-bond acceptors (Lipinski definition) is 4. The zero-order valence-electron chi connectivity index (χ0n) is 9.89. The highest BCUT2D eigenvalue weighted by Crippen LogP contribution is 2.20. The molecule has 2 N–H and O–H groups in total. The van der Waals surface area contributed by atoms with Crippen LogP contribution in [0.15, 0.2) is 29.2 Å². The molecule has 0 spiro atoms. The quantitative estimate of drug-likeness (QED) is 0.549. The van der Waals surface area contributed by atoms with E-state index in [1.807, 2.05) is 0 Å². The van der Waals surface area contributed by atoms with Gasteiger partial charge in [0.15, 0.2) is 0 Å². The molecule has 0 heterocycles. The fourth-order valence-corrected chi connectivity index (χ4v) is 1.95. The van der Waals surface area contributed by atoms with Crippen LogP contribution in [0.4, 0.5) is 4.39 Å². The number of ether oxygens (including phenoxy) is 1. The zero-order chi connectivity index (χ0) is 13.2. The SMILES string of the molecule is O=C(CSc1ccccc1F)NCCOCCO. The highest BCUT2D eigenvalue weighted by Gasteiger charge is 2.05. The number of carbonyl (C=O) groups excluding carboxylic acids is 1. The van der Waals surface area contributed by atoms with Crippen molar-refractivity contribution in [3.05, 3.63) is 30.1 Å². The van der Waals surface area contributed by atoms with E-state index in [0.29, 0.717) is 18.0 Å². The first-order valence-corrected chi connectivity index (χ1v) is 6.55. The molecule has 0 bridgehead atoms. The molecule has 6 heteroatoms. The molecule has 0 aliphatic rings. The number of nitrogens with one attached hydrogen (secondary N) is 1. The van der Waals surface area contributed by atoms with Crippen LogP contribution in [-0.4, -0.2) is 43.1 Å². The highest BCUT2D eigenvalue weighted by atomic mass is 32.2. The monoisotopic (exact) mass is 273 g/mol. The number of amides is 1. The molecule has 1 amide bonds. The third kappa shape index (κ3) is 6.00. The van der Waals surface area contributed by atoms with E-state index in [1.165, 1.54) is 6.07 Å². The smallest absolute Gasteiger partial charge is 0.230 e. The molecule has 18 heavy (non-hydrogen) atoms. The fraction of sp³-hybridized carbons (Fsp3) is 0.417. The first kappa shape index (κ1) is 14.9. The van der Waals surface area contributed by atoms with E-state index in [9.17, 15) is 9.18 Å². The van der Waals surface area contributed by atoms with E-state index >= 15 is 0 Å². The molecule has 1 rings (SSSR count). The molecule has 0 unspecified atom stereocenters. The molecule has 100 valence electrons. The van der Waals surface area contributed by atoms with Gasteiger partial charge in [0.1, 0.15) is 5.82 Å². The Kier molecular flexibility index (Phi) is 7.40. The summed E-state index contributed by atoms with van der Waals surface area (Å²) in [6.07, 6.45) is 0. The predicted molar refractivity (Wildman–Crippen MR) is 68.0 cm³/mol. The Hall–Kier alpha value is -1.11. The van der Waals surface area contributed by atoms with E-state index in [0.717, 1.165) is 11.8 Å². The number of aliphatic hydroxyl groups excluding tert-OH is 1. The number of carbonyl (C=O) groups is 1. The van der Waals surface area contributed by atoms with Gasteiger partial charge in [-0.2, -0.15) is 0 Å². The maximum absolute atomic E-state index is 13.2. The van der Waals surface area contributed by atoms with Gasteiger partial charge in [0.2, 0.25) is 5.91 Å². The van der Waals surface area contributed by atoms with Crippen LogP contribution in [0, 0.1) is 5.82 Å². The van der Waals surface area contributed by atoms with Crippen molar-refractivity contribution >= 4 is 17.7 Å². The molecular formula is C12H16FNO3S. The van der Waals surface area contributed by atoms with Crippen LogP contribution in [0.2, 0.25) is 0 Å². The van der Waals surface area contributed by atoms with Crippen molar-refractivity contribution in [3.63, 3.8) is 0 Å². The van der Waals surface area contributed by atoms with Crippen molar-refractivity contribution in [2.75, 3.05) is 32.1 Å². The molecule has 1 aromatic carbocycles. The lowest BCUT2D eigenvalue weighted by atomic mass is 10.3. The minimum absolute atomic E-state index is 0.0307. The van der Waals surface area contributed by atoms with Gasteiger partial charge in [-0.05, 0) is 12.1 Å². The molecule has 0 aromatic heterocycles. The molecule has 0 aliphatic heterocycles. The predicted octanol–water partition coefficient (Wildman–Crippen LogP) is 1.04. The number of aliphatic hydroxyl groups is 1. The number of benzene rings is 1. The Morgan fingerprint density at radius 3 is 2.89 bits per heavy atom. The van der Waals surface area contributed by atoms with Crippen molar-refractivity contribution < 1.29 is 19.0 Å². The summed E-state index contributed by atoms with van der Waals surface area (Å²) in [5.41, 5.74) is 0. The maximum Gasteiger partial charge on any atom is 0.230 e. The second kappa shape index (κ2) is 8.91. The summed E-state index contributed by atoms with van der Waals surface area (Å²) < 4.78 is 18.2. The summed E-state index contributed by atoms with van der Waals surface area (Å²) in [6, 6.07) is 6.34. The van der Waals surface area contributed by atoms with Crippen LogP contribution in [0.25, 0.3) is 0 Å². The molecule has 1 aromatic rings. The molecule has 0 saturated carbocycles. The lowest BCUT2D eigenvalue weighted by Crippen LogP contribution is -2.29. The standard InChI is InChI=1S/C12H16FNO3S/c13-10-3-1-2-4-11(10)18-9-12(16)14-5-7-17-8-6-15/h1-4,15H,5-9H2,(H,14,16). The third-order valence-electron chi connectivity index (χ3n) is 2.00. The molecule has 0 atom stereocenters. The van der Waals surface area contributed by atoms with E-state index in [4.69, 9.17) is 9.84 Å². The molecule has 4 nitrogen and oxygen atoms in total. The topological polar surface area (TPSA) is 58.6 Å². The number of halogens is 1. The maximum atomic E-state index is 13.2. The summed E-state index contributed by atoms with van der Waals surface area (Å²) >= 11 is 1.16. The van der Waals surface area contributed by atoms with Crippen molar-refractivity contribution in [2.24, 2.45) is 0 Å². The van der Waals surface area contributed by atoms with Gasteiger partial charge >= 0.3 is 0 Å². The minimum atomic E-state index is -0.318. The first-order valence-electron chi connectivity index (χ1n) is 5.56. The Balaban J connectivity index is 2.15. The summed E-state index contributed by atoms with van der Waals surface area (Å²) in [6.45, 7) is 0.976. The lowest BCUT2D eigenvalue weighted by Gasteiger charge is -2.06. The van der Waals surface area contributed by atoms with Gasteiger partial charge < -0.3 is 15.2 Å². The van der Waals surface area contributed by atoms with Crippen molar-refractivity contribution in [1.29, 1.82) is 0 Å². The summed E-state index contributed by atoms with van der Waals surface area (Å²) in [4.78, 5) is 11.9. The van der Waals surface area contributed by atoms with Crippen LogP contribution >= 0.6 is 11.8 Å². The second-order valence-corrected chi connectivity index (χ2v) is 4.42. The Morgan fingerprint density at radius 2 is 2.17 bits per heavy atom. The highest BCUT2D eigenvalue weighted by molar-refractivity contribution is 8.00. The summed E-state index contributed by atoms with van der Waals surface area (Å²) in [5.74, 6) is -0.321. The van der Waals surface area contributed by atoms with E-state index in [1.54, 1.807) is 18.2 Å². The van der Waals surface area contributed by atoms with Crippen LogP contribution in [0.3, 0.4) is 0 Å². The van der Waals surface area contributed by atoms with Gasteiger partial charge in [-0.1, -0.05) is 12.1 Å². The Labute approximate surface area is 110 Å². The molecule has 0 aliphatic carbocycles. The Morgan fingerprint density at radius 1 is 1.39 bits per heavy atom. The van der Waals surface area contributed by atoms with Crippen LogP contribution in [0.1, 0.15) is 0 Å². The van der Waals surface area contributed by atoms with Gasteiger partial charge in [0, 0.05) is 11.4 Å². The van der Waals surface area contributed by atoms with Gasteiger partial charge in [0.25, 0.3) is 0 Å². The van der Waals surface area contributed by atoms with Crippen LogP contribution in [-0.2, 0) is 9.53 Å². The normalized spacial score (nSPS) is 10.3. The second-order valence-electron chi connectivity index (χ2n) is 3.41. The van der Waals surface area contributed by atoms with Crippen molar-refractivity contribution in [1.82, 2.24) is 5.32 Å². The molecule has 0 saturated heterocycles. The van der Waals surface area contributed by atoms with Gasteiger partial charge in [0.05, 0.1) is 25.6 Å². The van der Waals surface area contributed by atoms with Crippen LogP contribution in [0.5, 0.6) is 0 Å². The van der Waals surface area contributed by atoms with Crippen molar-refractivity contribution in [3.8, 4) is 0 Å². The molecular weight excluding hydrogens is 257 g/mol. The fourth-order valence-electron chi connectivity index (χ4n) is 1.19. The number of hydrogen-bond donors (Lipinski definition) is 2. The molecule has 0 fully saturated rings. The Bertz CT molecular complexity index is 376. The average molecular weight is 273 g/mol. The van der Waals surface area contributed by atoms with Crippen LogP contribution < -0.4 is 5.32 Å².